The van der Waals surface area contributed by atoms with Crippen LogP contribution in [0.5, 0.6) is 0 Å². The molecule has 1 aromatic carbocycles. The van der Waals surface area contributed by atoms with Gasteiger partial charge in [-0.3, -0.25) is 19.6 Å². The smallest absolute Gasteiger partial charge is 0.231 e. The van der Waals surface area contributed by atoms with Crippen molar-refractivity contribution in [2.24, 2.45) is 5.92 Å². The number of aromatic amines is 1. The van der Waals surface area contributed by atoms with Crippen LogP contribution in [0.2, 0.25) is 0 Å². The Morgan fingerprint density at radius 2 is 2.18 bits per heavy atom. The second-order valence-electron chi connectivity index (χ2n) is 7.20. The van der Waals surface area contributed by atoms with Crippen LogP contribution in [0, 0.1) is 11.7 Å². The lowest BCUT2D eigenvalue weighted by atomic mass is 10.0. The summed E-state index contributed by atoms with van der Waals surface area (Å²) < 4.78 is 14.2. The van der Waals surface area contributed by atoms with Gasteiger partial charge in [-0.2, -0.15) is 5.10 Å². The molecule has 0 radical (unpaired) electrons. The summed E-state index contributed by atoms with van der Waals surface area (Å²) in [6.07, 6.45) is 4.32. The topological polar surface area (TPSA) is 91.0 Å². The van der Waals surface area contributed by atoms with E-state index >= 15 is 0 Å². The van der Waals surface area contributed by atoms with E-state index in [9.17, 15) is 14.0 Å². The van der Waals surface area contributed by atoms with Crippen LogP contribution in [0.1, 0.15) is 29.8 Å². The first-order chi connectivity index (χ1) is 13.6. The van der Waals surface area contributed by atoms with Crippen molar-refractivity contribution in [3.8, 4) is 0 Å². The molecule has 1 fully saturated rings. The highest BCUT2D eigenvalue weighted by molar-refractivity contribution is 7.15. The molecule has 2 aliphatic rings. The first kappa shape index (κ1) is 17.3. The summed E-state index contributed by atoms with van der Waals surface area (Å²) in [5.74, 6) is -1.21. The number of benzene rings is 1. The number of aromatic nitrogens is 3. The van der Waals surface area contributed by atoms with Crippen LogP contribution in [-0.2, 0) is 22.4 Å². The highest BCUT2D eigenvalue weighted by Crippen LogP contribution is 2.33. The molecule has 28 heavy (non-hydrogen) atoms. The number of thiazole rings is 1. The number of rotatable bonds is 3. The molecule has 3 heterocycles. The van der Waals surface area contributed by atoms with Crippen molar-refractivity contribution in [1.29, 1.82) is 0 Å². The number of nitrogens with one attached hydrogen (secondary N) is 2. The molecule has 1 atom stereocenters. The average Bonchev–Trinajstić information content (AvgIpc) is 3.37. The maximum absolute atomic E-state index is 14.2. The number of halogens is 1. The molecular formula is C19H18FN5O2S. The lowest BCUT2D eigenvalue weighted by Crippen LogP contribution is -2.28. The molecule has 0 spiro atoms. The van der Waals surface area contributed by atoms with Crippen LogP contribution in [0.3, 0.4) is 0 Å². The normalized spacial score (nSPS) is 19.2. The van der Waals surface area contributed by atoms with Gasteiger partial charge in [-0.05, 0) is 37.8 Å². The van der Waals surface area contributed by atoms with Gasteiger partial charge in [0.2, 0.25) is 11.8 Å². The van der Waals surface area contributed by atoms with E-state index in [4.69, 9.17) is 0 Å². The Bertz CT molecular complexity index is 1070. The fourth-order valence-corrected chi connectivity index (χ4v) is 4.96. The lowest BCUT2D eigenvalue weighted by Gasteiger charge is -2.14. The zero-order valence-electron chi connectivity index (χ0n) is 15.0. The van der Waals surface area contributed by atoms with E-state index in [1.165, 1.54) is 27.2 Å². The Morgan fingerprint density at radius 1 is 1.32 bits per heavy atom. The van der Waals surface area contributed by atoms with E-state index in [0.29, 0.717) is 10.6 Å². The Morgan fingerprint density at radius 3 is 3.04 bits per heavy atom. The van der Waals surface area contributed by atoms with Crippen molar-refractivity contribution in [1.82, 2.24) is 15.2 Å². The Kier molecular flexibility index (Phi) is 4.12. The van der Waals surface area contributed by atoms with E-state index in [0.717, 1.165) is 31.4 Å². The maximum Gasteiger partial charge on any atom is 0.231 e. The van der Waals surface area contributed by atoms with Gasteiger partial charge < -0.3 is 5.32 Å². The number of carbonyl (C=O) groups excluding carboxylic acids is 2. The highest BCUT2D eigenvalue weighted by Gasteiger charge is 2.37. The fraction of sp³-hybridized carbons (Fsp3) is 0.368. The molecule has 5 rings (SSSR count). The van der Waals surface area contributed by atoms with Crippen LogP contribution in [0.25, 0.3) is 10.9 Å². The summed E-state index contributed by atoms with van der Waals surface area (Å²) in [5, 5.41) is 10.6. The van der Waals surface area contributed by atoms with Crippen molar-refractivity contribution in [2.75, 3.05) is 16.8 Å². The number of amides is 2. The average molecular weight is 399 g/mol. The zero-order chi connectivity index (χ0) is 19.3. The molecule has 0 unspecified atom stereocenters. The predicted molar refractivity (Wildman–Crippen MR) is 104 cm³/mol. The molecule has 2 amide bonds. The van der Waals surface area contributed by atoms with E-state index in [-0.39, 0.29) is 36.0 Å². The molecule has 1 aliphatic heterocycles. The number of hydrogen-bond acceptors (Lipinski definition) is 5. The molecule has 144 valence electrons. The summed E-state index contributed by atoms with van der Waals surface area (Å²) in [4.78, 5) is 32.4. The number of nitrogens with zero attached hydrogens (tertiary/aromatic N) is 3. The second-order valence-corrected chi connectivity index (χ2v) is 8.28. The van der Waals surface area contributed by atoms with Gasteiger partial charge in [0.15, 0.2) is 10.9 Å². The summed E-state index contributed by atoms with van der Waals surface area (Å²) in [5.41, 5.74) is 1.60. The van der Waals surface area contributed by atoms with Gasteiger partial charge in [-0.25, -0.2) is 9.37 Å². The van der Waals surface area contributed by atoms with Gasteiger partial charge >= 0.3 is 0 Å². The van der Waals surface area contributed by atoms with E-state index in [2.05, 4.69) is 20.5 Å². The summed E-state index contributed by atoms with van der Waals surface area (Å²) in [6.45, 7) is 0.171. The molecule has 2 N–H and O–H groups in total. The Balaban J connectivity index is 1.34. The molecule has 7 nitrogen and oxygen atoms in total. The number of hydrogen-bond donors (Lipinski definition) is 2. The summed E-state index contributed by atoms with van der Waals surface area (Å²) in [6, 6.07) is 4.61. The van der Waals surface area contributed by atoms with Crippen LogP contribution in [-0.4, -0.2) is 33.5 Å². The Labute approximate surface area is 163 Å². The maximum atomic E-state index is 14.2. The molecule has 1 aliphatic carbocycles. The first-order valence-corrected chi connectivity index (χ1v) is 10.1. The highest BCUT2D eigenvalue weighted by atomic mass is 32.1. The van der Waals surface area contributed by atoms with Gasteiger partial charge in [0.1, 0.15) is 5.82 Å². The Hall–Kier alpha value is -2.81. The second kappa shape index (κ2) is 6.66. The van der Waals surface area contributed by atoms with Crippen LogP contribution in [0.15, 0.2) is 18.2 Å². The standard InChI is InChI=1S/C19H18FN5O2S/c20-11-4-3-6-13-16(11)17(24-23-13)25-9-10(8-15(25)26)18(27)22-19-21-12-5-1-2-7-14(12)28-19/h3-4,6,10H,1-2,5,7-9H2,(H,23,24)(H,21,22,27)/t10-/m1/s1. The lowest BCUT2D eigenvalue weighted by molar-refractivity contribution is -0.122. The minimum Gasteiger partial charge on any atom is -0.302 e. The number of fused-ring (bicyclic) bond motifs is 2. The van der Waals surface area contributed by atoms with Crippen molar-refractivity contribution >= 4 is 45.0 Å². The van der Waals surface area contributed by atoms with E-state index in [1.807, 2.05) is 0 Å². The van der Waals surface area contributed by atoms with E-state index < -0.39 is 11.7 Å². The monoisotopic (exact) mass is 399 g/mol. The number of carbonyl (C=O) groups is 2. The third-order valence-electron chi connectivity index (χ3n) is 5.35. The third kappa shape index (κ3) is 2.86. The molecule has 3 aromatic rings. The molecule has 1 saturated heterocycles. The van der Waals surface area contributed by atoms with Crippen molar-refractivity contribution in [2.45, 2.75) is 32.1 Å². The fourth-order valence-electron chi connectivity index (χ4n) is 3.91. The number of H-pyrrole nitrogens is 1. The zero-order valence-corrected chi connectivity index (χ0v) is 15.8. The predicted octanol–water partition coefficient (Wildman–Crippen LogP) is 3.03. The molecule has 0 saturated carbocycles. The summed E-state index contributed by atoms with van der Waals surface area (Å²) >= 11 is 1.52. The van der Waals surface area contributed by atoms with Gasteiger partial charge in [-0.15, -0.1) is 11.3 Å². The first-order valence-electron chi connectivity index (χ1n) is 9.32. The molecular weight excluding hydrogens is 381 g/mol. The number of anilines is 2. The summed E-state index contributed by atoms with van der Waals surface area (Å²) in [7, 11) is 0. The quantitative estimate of drug-likeness (QED) is 0.708. The van der Waals surface area contributed by atoms with Gasteiger partial charge in [0.05, 0.1) is 22.5 Å². The number of aryl methyl sites for hydroxylation is 2. The SMILES string of the molecule is O=C(Nc1nc2c(s1)CCCC2)[C@@H]1CC(=O)N(c2n[nH]c3cccc(F)c23)C1. The van der Waals surface area contributed by atoms with Crippen LogP contribution >= 0.6 is 11.3 Å². The van der Waals surface area contributed by atoms with Crippen LogP contribution < -0.4 is 10.2 Å². The van der Waals surface area contributed by atoms with Crippen molar-refractivity contribution in [3.63, 3.8) is 0 Å². The van der Waals surface area contributed by atoms with Gasteiger partial charge in [-0.1, -0.05) is 6.07 Å². The van der Waals surface area contributed by atoms with Crippen molar-refractivity contribution in [3.05, 3.63) is 34.6 Å². The molecule has 2 aromatic heterocycles. The van der Waals surface area contributed by atoms with Gasteiger partial charge in [0, 0.05) is 17.8 Å². The van der Waals surface area contributed by atoms with Crippen molar-refractivity contribution < 1.29 is 14.0 Å². The molecule has 0 bridgehead atoms. The largest absolute Gasteiger partial charge is 0.302 e. The van der Waals surface area contributed by atoms with Gasteiger partial charge in [0.25, 0.3) is 0 Å². The molecule has 9 heteroatoms. The van der Waals surface area contributed by atoms with Crippen LogP contribution in [0.4, 0.5) is 15.3 Å². The third-order valence-corrected chi connectivity index (χ3v) is 6.42. The van der Waals surface area contributed by atoms with E-state index in [1.54, 1.807) is 12.1 Å². The minimum atomic E-state index is -0.521. The minimum absolute atomic E-state index is 0.0692.